The number of benzene rings is 1. The lowest BCUT2D eigenvalue weighted by atomic mass is 10.2. The highest BCUT2D eigenvalue weighted by Gasteiger charge is 2.29. The summed E-state index contributed by atoms with van der Waals surface area (Å²) in [5.41, 5.74) is 0.165. The zero-order chi connectivity index (χ0) is 16.1. The normalized spacial score (nSPS) is 12.1. The van der Waals surface area contributed by atoms with E-state index in [1.54, 1.807) is 26.0 Å². The van der Waals surface area contributed by atoms with Crippen molar-refractivity contribution in [2.45, 2.75) is 18.6 Å². The van der Waals surface area contributed by atoms with Crippen LogP contribution in [0.5, 0.6) is 5.75 Å². The zero-order valence-corrected chi connectivity index (χ0v) is 13.2. The fraction of sp³-hybridized carbons (Fsp3) is 0.500. The van der Waals surface area contributed by atoms with Gasteiger partial charge in [-0.25, -0.2) is 13.2 Å². The van der Waals surface area contributed by atoms with Crippen LogP contribution in [-0.2, 0) is 9.84 Å². The van der Waals surface area contributed by atoms with E-state index in [0.29, 0.717) is 25.4 Å². The Hall–Kier alpha value is -1.60. The second-order valence-corrected chi connectivity index (χ2v) is 8.04. The van der Waals surface area contributed by atoms with Crippen molar-refractivity contribution in [1.29, 1.82) is 0 Å². The number of sulfone groups is 1. The maximum atomic E-state index is 11.5. The first-order valence-electron chi connectivity index (χ1n) is 6.50. The highest BCUT2D eigenvalue weighted by atomic mass is 32.2. The third kappa shape index (κ3) is 5.35. The number of hydrogen-bond acceptors (Lipinski definition) is 5. The summed E-state index contributed by atoms with van der Waals surface area (Å²) in [7, 11) is -3.13. The molecule has 21 heavy (non-hydrogen) atoms. The van der Waals surface area contributed by atoms with E-state index in [1.165, 1.54) is 18.4 Å². The minimum Gasteiger partial charge on any atom is -0.492 e. The molecule has 0 heterocycles. The molecule has 0 radical (unpaired) electrons. The summed E-state index contributed by atoms with van der Waals surface area (Å²) < 4.78 is 27.6. The summed E-state index contributed by atoms with van der Waals surface area (Å²) in [4.78, 5) is 10.8. The summed E-state index contributed by atoms with van der Waals surface area (Å²) in [5, 5.41) is 11.9. The Balaban J connectivity index is 2.39. The quantitative estimate of drug-likeness (QED) is 0.700. The first-order chi connectivity index (χ1) is 9.63. The van der Waals surface area contributed by atoms with Crippen molar-refractivity contribution in [2.75, 3.05) is 26.0 Å². The summed E-state index contributed by atoms with van der Waals surface area (Å²) in [5.74, 6) is -0.535. The molecular formula is C14H21NO5S. The van der Waals surface area contributed by atoms with Gasteiger partial charge in [0, 0.05) is 19.3 Å². The van der Waals surface area contributed by atoms with Gasteiger partial charge in [-0.15, -0.1) is 0 Å². The number of carboxylic acid groups (broad SMARTS) is 1. The first-order valence-corrected chi connectivity index (χ1v) is 8.39. The molecule has 0 saturated carbocycles. The molecule has 1 rings (SSSR count). The van der Waals surface area contributed by atoms with Crippen LogP contribution in [0.25, 0.3) is 0 Å². The minimum atomic E-state index is -3.13. The van der Waals surface area contributed by atoms with Crippen molar-refractivity contribution in [2.24, 2.45) is 0 Å². The highest BCUT2D eigenvalue weighted by Crippen LogP contribution is 2.14. The number of rotatable bonds is 8. The van der Waals surface area contributed by atoms with Gasteiger partial charge in [0.25, 0.3) is 0 Å². The molecule has 0 amide bonds. The molecule has 0 bridgehead atoms. The van der Waals surface area contributed by atoms with Gasteiger partial charge in [-0.3, -0.25) is 0 Å². The van der Waals surface area contributed by atoms with Gasteiger partial charge < -0.3 is 15.2 Å². The van der Waals surface area contributed by atoms with Crippen LogP contribution in [0.3, 0.4) is 0 Å². The number of nitrogens with one attached hydrogen (secondary N) is 1. The Kier molecular flexibility index (Phi) is 5.74. The molecular weight excluding hydrogens is 294 g/mol. The average molecular weight is 315 g/mol. The van der Waals surface area contributed by atoms with E-state index in [0.717, 1.165) is 0 Å². The van der Waals surface area contributed by atoms with Crippen molar-refractivity contribution in [3.05, 3.63) is 29.8 Å². The van der Waals surface area contributed by atoms with Crippen LogP contribution in [-0.4, -0.2) is 50.2 Å². The number of aromatic carboxylic acids is 1. The Morgan fingerprint density at radius 1 is 1.38 bits per heavy atom. The van der Waals surface area contributed by atoms with E-state index in [1.807, 2.05) is 0 Å². The summed E-state index contributed by atoms with van der Waals surface area (Å²) in [6.07, 6.45) is 1.21. The second-order valence-electron chi connectivity index (χ2n) is 5.39. The third-order valence-electron chi connectivity index (χ3n) is 3.18. The van der Waals surface area contributed by atoms with Crippen molar-refractivity contribution in [3.8, 4) is 5.75 Å². The van der Waals surface area contributed by atoms with Crippen LogP contribution in [0, 0.1) is 0 Å². The summed E-state index contributed by atoms with van der Waals surface area (Å²) in [6, 6.07) is 6.22. The fourth-order valence-corrected chi connectivity index (χ4v) is 1.84. The van der Waals surface area contributed by atoms with Crippen LogP contribution in [0.2, 0.25) is 0 Å². The maximum absolute atomic E-state index is 11.5. The van der Waals surface area contributed by atoms with E-state index in [-0.39, 0.29) is 5.56 Å². The predicted molar refractivity (Wildman–Crippen MR) is 80.7 cm³/mol. The molecule has 0 spiro atoms. The van der Waals surface area contributed by atoms with Gasteiger partial charge in [0.2, 0.25) is 0 Å². The van der Waals surface area contributed by atoms with E-state index in [2.05, 4.69) is 5.32 Å². The lowest BCUT2D eigenvalue weighted by Crippen LogP contribution is -2.42. The Labute approximate surface area is 125 Å². The first kappa shape index (κ1) is 17.5. The Bertz CT molecular complexity index is 595. The average Bonchev–Trinajstić information content (AvgIpc) is 2.37. The predicted octanol–water partition coefficient (Wildman–Crippen LogP) is 1.18. The number of hydrogen-bond donors (Lipinski definition) is 2. The third-order valence-corrected chi connectivity index (χ3v) is 5.33. The van der Waals surface area contributed by atoms with Gasteiger partial charge in [-0.2, -0.15) is 0 Å². The minimum absolute atomic E-state index is 0.165. The molecule has 6 nitrogen and oxygen atoms in total. The van der Waals surface area contributed by atoms with Crippen LogP contribution in [0.1, 0.15) is 24.2 Å². The van der Waals surface area contributed by atoms with Crippen LogP contribution < -0.4 is 10.1 Å². The molecule has 0 aliphatic rings. The highest BCUT2D eigenvalue weighted by molar-refractivity contribution is 7.92. The van der Waals surface area contributed by atoms with Crippen LogP contribution in [0.15, 0.2) is 24.3 Å². The monoisotopic (exact) mass is 315 g/mol. The second kappa shape index (κ2) is 6.91. The largest absolute Gasteiger partial charge is 0.492 e. The van der Waals surface area contributed by atoms with Crippen LogP contribution in [0.4, 0.5) is 0 Å². The zero-order valence-electron chi connectivity index (χ0n) is 12.4. The van der Waals surface area contributed by atoms with Gasteiger partial charge in [0.1, 0.15) is 12.4 Å². The lowest BCUT2D eigenvalue weighted by Gasteiger charge is -2.22. The molecule has 2 N–H and O–H groups in total. The van der Waals surface area contributed by atoms with Crippen molar-refractivity contribution in [1.82, 2.24) is 5.32 Å². The van der Waals surface area contributed by atoms with Crippen molar-refractivity contribution < 1.29 is 23.1 Å². The Morgan fingerprint density at radius 2 is 2.05 bits per heavy atom. The molecule has 0 aromatic heterocycles. The Morgan fingerprint density at radius 3 is 2.62 bits per heavy atom. The molecule has 7 heteroatoms. The standard InChI is InChI=1S/C14H21NO5S/c1-14(2,21(3,18)19)10-15-7-8-20-12-6-4-5-11(9-12)13(16)17/h4-6,9,15H,7-8,10H2,1-3H3,(H,16,17). The van der Waals surface area contributed by atoms with Crippen molar-refractivity contribution in [3.63, 3.8) is 0 Å². The van der Waals surface area contributed by atoms with Gasteiger partial charge in [-0.05, 0) is 32.0 Å². The van der Waals surface area contributed by atoms with E-state index < -0.39 is 20.6 Å². The number of carbonyl (C=O) groups is 1. The molecule has 0 atom stereocenters. The number of ether oxygens (including phenoxy) is 1. The summed E-state index contributed by atoms with van der Waals surface area (Å²) in [6.45, 7) is 4.43. The van der Waals surface area contributed by atoms with Gasteiger partial charge >= 0.3 is 5.97 Å². The smallest absolute Gasteiger partial charge is 0.335 e. The molecule has 0 aliphatic heterocycles. The van der Waals surface area contributed by atoms with E-state index in [4.69, 9.17) is 9.84 Å². The topological polar surface area (TPSA) is 92.7 Å². The SMILES string of the molecule is CC(C)(CNCCOc1cccc(C(=O)O)c1)S(C)(=O)=O. The molecule has 1 aromatic carbocycles. The maximum Gasteiger partial charge on any atom is 0.335 e. The molecule has 1 aromatic rings. The van der Waals surface area contributed by atoms with E-state index >= 15 is 0 Å². The van der Waals surface area contributed by atoms with Crippen molar-refractivity contribution >= 4 is 15.8 Å². The lowest BCUT2D eigenvalue weighted by molar-refractivity contribution is 0.0696. The molecule has 0 saturated heterocycles. The van der Waals surface area contributed by atoms with Gasteiger partial charge in [-0.1, -0.05) is 6.07 Å². The summed E-state index contributed by atoms with van der Waals surface area (Å²) >= 11 is 0. The molecule has 0 fully saturated rings. The molecule has 0 unspecified atom stereocenters. The van der Waals surface area contributed by atoms with E-state index in [9.17, 15) is 13.2 Å². The van der Waals surface area contributed by atoms with Crippen LogP contribution >= 0.6 is 0 Å². The molecule has 118 valence electrons. The molecule has 0 aliphatic carbocycles. The van der Waals surface area contributed by atoms with Gasteiger partial charge in [0.15, 0.2) is 9.84 Å². The van der Waals surface area contributed by atoms with Gasteiger partial charge in [0.05, 0.1) is 10.3 Å². The fourth-order valence-electron chi connectivity index (χ4n) is 1.48. The number of carboxylic acids is 1.